The summed E-state index contributed by atoms with van der Waals surface area (Å²) in [6.45, 7) is 1.40. The minimum Gasteiger partial charge on any atom is -0.346 e. The van der Waals surface area contributed by atoms with Gasteiger partial charge in [0.05, 0.1) is 18.2 Å². The third-order valence-electron chi connectivity index (χ3n) is 5.77. The molecule has 2 unspecified atom stereocenters. The first-order chi connectivity index (χ1) is 16.1. The molecule has 3 aromatic rings. The van der Waals surface area contributed by atoms with Crippen molar-refractivity contribution in [3.8, 4) is 0 Å². The maximum absolute atomic E-state index is 14.8. The monoisotopic (exact) mass is 478 g/mol. The smallest absolute Gasteiger partial charge is 0.346 e. The average Bonchev–Trinajstić information content (AvgIpc) is 3.40. The molecule has 0 saturated carbocycles. The van der Waals surface area contributed by atoms with Gasteiger partial charge < -0.3 is 9.64 Å². The molecule has 4 rings (SSSR count). The standard InChI is InChI=1S/C23H19F5N4O2/c1-15-22(11-31-13-29-12-30-31,19-7-6-18(24)10-20(19)25)34-14-32(15)21(33)8-5-16-3-2-4-17(9-16)23(26,27)28/h2-10,12-13,15H,11,14H2,1H3/b8-5+. The summed E-state index contributed by atoms with van der Waals surface area (Å²) in [6.07, 6.45) is 0.569. The first kappa shape index (κ1) is 23.6. The summed E-state index contributed by atoms with van der Waals surface area (Å²) in [4.78, 5) is 18.1. The molecule has 2 heterocycles. The molecule has 0 radical (unpaired) electrons. The van der Waals surface area contributed by atoms with E-state index >= 15 is 0 Å². The Bertz CT molecular complexity index is 1210. The van der Waals surface area contributed by atoms with Crippen molar-refractivity contribution < 1.29 is 31.5 Å². The van der Waals surface area contributed by atoms with Gasteiger partial charge in [-0.15, -0.1) is 0 Å². The van der Waals surface area contributed by atoms with Crippen molar-refractivity contribution in [2.24, 2.45) is 0 Å². The van der Waals surface area contributed by atoms with Gasteiger partial charge >= 0.3 is 6.18 Å². The summed E-state index contributed by atoms with van der Waals surface area (Å²) in [6, 6.07) is 6.88. The van der Waals surface area contributed by atoms with Crippen LogP contribution in [0.5, 0.6) is 0 Å². The van der Waals surface area contributed by atoms with Crippen molar-refractivity contribution >= 4 is 12.0 Å². The lowest BCUT2D eigenvalue weighted by Crippen LogP contribution is -2.46. The molecule has 1 aromatic heterocycles. The van der Waals surface area contributed by atoms with Crippen LogP contribution in [0.15, 0.2) is 61.2 Å². The molecule has 11 heteroatoms. The molecule has 178 valence electrons. The minimum atomic E-state index is -4.51. The number of alkyl halides is 3. The second-order valence-electron chi connectivity index (χ2n) is 7.82. The maximum Gasteiger partial charge on any atom is 0.416 e. The summed E-state index contributed by atoms with van der Waals surface area (Å²) in [5.74, 6) is -2.16. The van der Waals surface area contributed by atoms with Crippen molar-refractivity contribution in [1.29, 1.82) is 0 Å². The SMILES string of the molecule is CC1N(C(=O)/C=C/c2cccc(C(F)(F)F)c2)COC1(Cn1cncn1)c1ccc(F)cc1F. The Labute approximate surface area is 191 Å². The number of rotatable bonds is 5. The first-order valence-corrected chi connectivity index (χ1v) is 10.2. The van der Waals surface area contributed by atoms with Gasteiger partial charge in [-0.2, -0.15) is 18.3 Å². The Hall–Kier alpha value is -3.60. The molecule has 2 aromatic carbocycles. The topological polar surface area (TPSA) is 60.2 Å². The van der Waals surface area contributed by atoms with Crippen LogP contribution in [0, 0.1) is 11.6 Å². The molecule has 1 amide bonds. The molecule has 1 fully saturated rings. The molecule has 1 aliphatic heterocycles. The number of amides is 1. The fourth-order valence-corrected chi connectivity index (χ4v) is 3.96. The lowest BCUT2D eigenvalue weighted by atomic mass is 9.86. The molecule has 0 aliphatic carbocycles. The van der Waals surface area contributed by atoms with Crippen LogP contribution in [0.2, 0.25) is 0 Å². The molecule has 1 saturated heterocycles. The van der Waals surface area contributed by atoms with Crippen LogP contribution in [0.1, 0.15) is 23.6 Å². The van der Waals surface area contributed by atoms with Gasteiger partial charge in [0.1, 0.15) is 36.6 Å². The molecular weight excluding hydrogens is 459 g/mol. The summed E-state index contributed by atoms with van der Waals surface area (Å²) in [5, 5.41) is 4.03. The highest BCUT2D eigenvalue weighted by Crippen LogP contribution is 2.41. The van der Waals surface area contributed by atoms with E-state index in [0.717, 1.165) is 30.3 Å². The van der Waals surface area contributed by atoms with E-state index in [0.29, 0.717) is 0 Å². The van der Waals surface area contributed by atoms with E-state index in [9.17, 15) is 26.7 Å². The van der Waals surface area contributed by atoms with Gasteiger partial charge in [0.2, 0.25) is 5.91 Å². The van der Waals surface area contributed by atoms with Crippen LogP contribution in [0.3, 0.4) is 0 Å². The third kappa shape index (κ3) is 4.56. The van der Waals surface area contributed by atoms with E-state index in [1.54, 1.807) is 6.92 Å². The first-order valence-electron chi connectivity index (χ1n) is 10.2. The molecule has 0 spiro atoms. The number of hydrogen-bond acceptors (Lipinski definition) is 4. The van der Waals surface area contributed by atoms with E-state index in [2.05, 4.69) is 10.1 Å². The molecular formula is C23H19F5N4O2. The van der Waals surface area contributed by atoms with Gasteiger partial charge in [0.25, 0.3) is 0 Å². The normalized spacial score (nSPS) is 20.9. The Morgan fingerprint density at radius 2 is 2.03 bits per heavy atom. The van der Waals surface area contributed by atoms with Crippen molar-refractivity contribution in [3.05, 3.63) is 89.5 Å². The number of aromatic nitrogens is 3. The van der Waals surface area contributed by atoms with Crippen LogP contribution < -0.4 is 0 Å². The Kier molecular flexibility index (Phi) is 6.22. The zero-order valence-corrected chi connectivity index (χ0v) is 17.8. The summed E-state index contributed by atoms with van der Waals surface area (Å²) >= 11 is 0. The molecule has 34 heavy (non-hydrogen) atoms. The van der Waals surface area contributed by atoms with Gasteiger partial charge in [-0.1, -0.05) is 18.2 Å². The lowest BCUT2D eigenvalue weighted by molar-refractivity contribution is -0.137. The Balaban J connectivity index is 1.62. The number of benzene rings is 2. The largest absolute Gasteiger partial charge is 0.416 e. The summed E-state index contributed by atoms with van der Waals surface area (Å²) < 4.78 is 74.5. The van der Waals surface area contributed by atoms with Crippen LogP contribution >= 0.6 is 0 Å². The molecule has 2 atom stereocenters. The zero-order valence-electron chi connectivity index (χ0n) is 17.8. The molecule has 0 N–H and O–H groups in total. The fourth-order valence-electron chi connectivity index (χ4n) is 3.96. The fraction of sp³-hybridized carbons (Fsp3) is 0.261. The number of nitrogens with zero attached hydrogens (tertiary/aromatic N) is 4. The number of hydrogen-bond donors (Lipinski definition) is 0. The maximum atomic E-state index is 14.8. The van der Waals surface area contributed by atoms with Crippen LogP contribution in [0.25, 0.3) is 6.08 Å². The zero-order chi connectivity index (χ0) is 24.5. The van der Waals surface area contributed by atoms with Gasteiger partial charge in [0.15, 0.2) is 0 Å². The van der Waals surface area contributed by atoms with Crippen molar-refractivity contribution in [2.75, 3.05) is 6.73 Å². The quantitative estimate of drug-likeness (QED) is 0.403. The van der Waals surface area contributed by atoms with E-state index in [1.807, 2.05) is 0 Å². The Morgan fingerprint density at radius 3 is 2.71 bits per heavy atom. The van der Waals surface area contributed by atoms with Gasteiger partial charge in [-0.25, -0.2) is 18.4 Å². The van der Waals surface area contributed by atoms with Gasteiger partial charge in [-0.3, -0.25) is 4.79 Å². The van der Waals surface area contributed by atoms with Gasteiger partial charge in [-0.05, 0) is 36.8 Å². The highest BCUT2D eigenvalue weighted by atomic mass is 19.4. The van der Waals surface area contributed by atoms with Crippen LogP contribution in [0.4, 0.5) is 22.0 Å². The Morgan fingerprint density at radius 1 is 1.24 bits per heavy atom. The predicted molar refractivity (Wildman–Crippen MR) is 111 cm³/mol. The van der Waals surface area contributed by atoms with E-state index < -0.39 is 40.9 Å². The summed E-state index contributed by atoms with van der Waals surface area (Å²) in [7, 11) is 0. The minimum absolute atomic E-state index is 0.0160. The second-order valence-corrected chi connectivity index (χ2v) is 7.82. The predicted octanol–water partition coefficient (Wildman–Crippen LogP) is 4.39. The highest BCUT2D eigenvalue weighted by Gasteiger charge is 2.51. The highest BCUT2D eigenvalue weighted by molar-refractivity contribution is 5.92. The van der Waals surface area contributed by atoms with Crippen LogP contribution in [-0.2, 0) is 27.9 Å². The van der Waals surface area contributed by atoms with Crippen molar-refractivity contribution in [1.82, 2.24) is 19.7 Å². The van der Waals surface area contributed by atoms with Crippen molar-refractivity contribution in [3.63, 3.8) is 0 Å². The van der Waals surface area contributed by atoms with Crippen molar-refractivity contribution in [2.45, 2.75) is 31.3 Å². The lowest BCUT2D eigenvalue weighted by Gasteiger charge is -2.34. The molecule has 1 aliphatic rings. The number of carbonyl (C=O) groups is 1. The number of carbonyl (C=O) groups excluding carboxylic acids is 1. The van der Waals surface area contributed by atoms with Crippen LogP contribution in [-0.4, -0.2) is 38.3 Å². The van der Waals surface area contributed by atoms with E-state index in [-0.39, 0.29) is 24.4 Å². The van der Waals surface area contributed by atoms with Gasteiger partial charge in [0, 0.05) is 17.7 Å². The van der Waals surface area contributed by atoms with E-state index in [1.165, 1.54) is 46.5 Å². The van der Waals surface area contributed by atoms with E-state index in [4.69, 9.17) is 4.74 Å². The average molecular weight is 478 g/mol. The third-order valence-corrected chi connectivity index (χ3v) is 5.77. The molecule has 0 bridgehead atoms. The number of ether oxygens (including phenoxy) is 1. The second kappa shape index (κ2) is 8.98. The summed E-state index contributed by atoms with van der Waals surface area (Å²) in [5.41, 5.74) is -2.02. The number of halogens is 5. The molecule has 6 nitrogen and oxygen atoms in total.